The fraction of sp³-hybridized carbons (Fsp3) is 0.360. The topological polar surface area (TPSA) is 52.6 Å². The van der Waals surface area contributed by atoms with E-state index >= 15 is 0 Å². The molecule has 2 aromatic rings. The van der Waals surface area contributed by atoms with Gasteiger partial charge in [-0.1, -0.05) is 66.2 Å². The Balaban J connectivity index is 1.65. The zero-order chi connectivity index (χ0) is 20.0. The lowest BCUT2D eigenvalue weighted by atomic mass is 9.72. The van der Waals surface area contributed by atoms with Gasteiger partial charge in [-0.05, 0) is 41.9 Å². The van der Waals surface area contributed by atoms with E-state index in [1.54, 1.807) is 0 Å². The number of ether oxygens (including phenoxy) is 2. The van der Waals surface area contributed by atoms with Gasteiger partial charge in [0, 0.05) is 5.92 Å². The van der Waals surface area contributed by atoms with E-state index < -0.39 is 5.41 Å². The molecule has 148 valence electrons. The molecule has 4 atom stereocenters. The summed E-state index contributed by atoms with van der Waals surface area (Å²) in [5, 5.41) is 0. The molecule has 1 aliphatic heterocycles. The van der Waals surface area contributed by atoms with Crippen LogP contribution < -0.4 is 0 Å². The molecule has 0 amide bonds. The van der Waals surface area contributed by atoms with Gasteiger partial charge in [-0.2, -0.15) is 0 Å². The lowest BCUT2D eigenvalue weighted by Crippen LogP contribution is -2.39. The van der Waals surface area contributed by atoms with Crippen LogP contribution in [0.15, 0.2) is 66.2 Å². The maximum absolute atomic E-state index is 13.1. The highest BCUT2D eigenvalue weighted by atomic mass is 16.5. The van der Waals surface area contributed by atoms with Crippen LogP contribution in [-0.2, 0) is 19.1 Å². The second-order valence-corrected chi connectivity index (χ2v) is 8.40. The van der Waals surface area contributed by atoms with Crippen molar-refractivity contribution < 1.29 is 19.1 Å². The second kappa shape index (κ2) is 6.87. The van der Waals surface area contributed by atoms with E-state index in [9.17, 15) is 9.59 Å². The predicted octanol–water partition coefficient (Wildman–Crippen LogP) is 4.25. The second-order valence-electron chi connectivity index (χ2n) is 8.40. The van der Waals surface area contributed by atoms with Crippen LogP contribution in [0, 0.1) is 23.2 Å². The lowest BCUT2D eigenvalue weighted by molar-refractivity contribution is -0.157. The maximum atomic E-state index is 13.1. The van der Waals surface area contributed by atoms with Gasteiger partial charge >= 0.3 is 11.9 Å². The quantitative estimate of drug-likeness (QED) is 0.738. The smallest absolute Gasteiger partial charge is 0.312 e. The minimum absolute atomic E-state index is 0.0854. The number of hydrogen-bond acceptors (Lipinski definition) is 4. The van der Waals surface area contributed by atoms with Gasteiger partial charge in [0.15, 0.2) is 0 Å². The van der Waals surface area contributed by atoms with Crippen molar-refractivity contribution >= 4 is 17.5 Å². The highest BCUT2D eigenvalue weighted by molar-refractivity contribution is 5.88. The summed E-state index contributed by atoms with van der Waals surface area (Å²) >= 11 is 0. The predicted molar refractivity (Wildman–Crippen MR) is 109 cm³/mol. The van der Waals surface area contributed by atoms with Crippen LogP contribution in [0.25, 0.3) is 5.57 Å². The number of fused-ring (bicyclic) bond motifs is 3. The first-order valence-corrected chi connectivity index (χ1v) is 10.2. The van der Waals surface area contributed by atoms with Crippen LogP contribution in [0.2, 0.25) is 0 Å². The molecule has 1 heterocycles. The molecule has 3 aliphatic rings. The highest BCUT2D eigenvalue weighted by Crippen LogP contribution is 2.64. The number of hydrogen-bond donors (Lipinski definition) is 0. The molecule has 4 nitrogen and oxygen atoms in total. The van der Waals surface area contributed by atoms with Crippen molar-refractivity contribution in [3.05, 3.63) is 77.4 Å². The summed E-state index contributed by atoms with van der Waals surface area (Å²) in [7, 11) is 1.45. The molecule has 2 aromatic carbocycles. The summed E-state index contributed by atoms with van der Waals surface area (Å²) in [6.45, 7) is 0.328. The average molecular weight is 388 g/mol. The van der Waals surface area contributed by atoms with Crippen LogP contribution >= 0.6 is 0 Å². The standard InChI is InChI=1S/C25H24O4/c1-28-24(27)25-14-18(12-19(25)13-20-21(25)15-29-23(20)26)22(16-8-4-2-5-9-16)17-10-6-3-7-11-17/h2-11,19-21H,12-15H2,1H3. The first-order chi connectivity index (χ1) is 14.1. The Labute approximate surface area is 170 Å². The SMILES string of the molecule is COC(=O)C12CC(=C(c3ccccc3)c3ccccc3)CC1CC1C(=O)OCC12. The van der Waals surface area contributed by atoms with Gasteiger partial charge in [-0.3, -0.25) is 9.59 Å². The Kier molecular flexibility index (Phi) is 4.30. The van der Waals surface area contributed by atoms with Gasteiger partial charge in [0.25, 0.3) is 0 Å². The fourth-order valence-corrected chi connectivity index (χ4v) is 5.97. The largest absolute Gasteiger partial charge is 0.469 e. The highest BCUT2D eigenvalue weighted by Gasteiger charge is 2.67. The Morgan fingerprint density at radius 3 is 2.24 bits per heavy atom. The number of carbonyl (C=O) groups is 2. The Bertz CT molecular complexity index is 937. The summed E-state index contributed by atoms with van der Waals surface area (Å²) < 4.78 is 10.6. The van der Waals surface area contributed by atoms with Crippen LogP contribution in [-0.4, -0.2) is 25.7 Å². The third-order valence-corrected chi connectivity index (χ3v) is 7.16. The van der Waals surface area contributed by atoms with Gasteiger partial charge in [-0.15, -0.1) is 0 Å². The van der Waals surface area contributed by atoms with E-state index in [0.29, 0.717) is 19.4 Å². The number of cyclic esters (lactones) is 1. The number of carbonyl (C=O) groups excluding carboxylic acids is 2. The lowest BCUT2D eigenvalue weighted by Gasteiger charge is -2.30. The van der Waals surface area contributed by atoms with Crippen molar-refractivity contribution in [1.29, 1.82) is 0 Å². The Morgan fingerprint density at radius 2 is 1.66 bits per heavy atom. The Morgan fingerprint density at radius 1 is 1.03 bits per heavy atom. The van der Waals surface area contributed by atoms with Gasteiger partial charge < -0.3 is 9.47 Å². The molecule has 0 N–H and O–H groups in total. The molecule has 5 rings (SSSR count). The average Bonchev–Trinajstić information content (AvgIpc) is 3.39. The molecule has 2 saturated carbocycles. The number of benzene rings is 2. The number of rotatable bonds is 3. The fourth-order valence-electron chi connectivity index (χ4n) is 5.97. The van der Waals surface area contributed by atoms with Crippen LogP contribution in [0.4, 0.5) is 0 Å². The molecule has 29 heavy (non-hydrogen) atoms. The third kappa shape index (κ3) is 2.65. The van der Waals surface area contributed by atoms with E-state index in [1.807, 2.05) is 36.4 Å². The van der Waals surface area contributed by atoms with Crippen LogP contribution in [0.3, 0.4) is 0 Å². The van der Waals surface area contributed by atoms with Crippen molar-refractivity contribution in [1.82, 2.24) is 0 Å². The first kappa shape index (κ1) is 18.2. The molecule has 0 bridgehead atoms. The molecule has 0 radical (unpaired) electrons. The van der Waals surface area contributed by atoms with E-state index in [-0.39, 0.29) is 29.7 Å². The summed E-state index contributed by atoms with van der Waals surface area (Å²) in [6.07, 6.45) is 2.15. The number of methoxy groups -OCH3 is 1. The van der Waals surface area contributed by atoms with Gasteiger partial charge in [0.1, 0.15) is 0 Å². The number of allylic oxidation sites excluding steroid dienone is 1. The van der Waals surface area contributed by atoms with Crippen molar-refractivity contribution in [3.63, 3.8) is 0 Å². The van der Waals surface area contributed by atoms with Crippen molar-refractivity contribution in [2.75, 3.05) is 13.7 Å². The van der Waals surface area contributed by atoms with E-state index in [1.165, 1.54) is 18.3 Å². The minimum atomic E-state index is -0.657. The molecule has 2 aliphatic carbocycles. The Hall–Kier alpha value is -2.88. The summed E-state index contributed by atoms with van der Waals surface area (Å²) in [4.78, 5) is 25.3. The summed E-state index contributed by atoms with van der Waals surface area (Å²) in [5.41, 5.74) is 4.13. The van der Waals surface area contributed by atoms with E-state index in [0.717, 1.165) is 17.5 Å². The van der Waals surface area contributed by atoms with Gasteiger partial charge in [0.2, 0.25) is 0 Å². The molecule has 4 unspecified atom stereocenters. The molecular weight excluding hydrogens is 364 g/mol. The van der Waals surface area contributed by atoms with Gasteiger partial charge in [0.05, 0.1) is 25.0 Å². The molecule has 1 saturated heterocycles. The van der Waals surface area contributed by atoms with E-state index in [4.69, 9.17) is 9.47 Å². The monoisotopic (exact) mass is 388 g/mol. The summed E-state index contributed by atoms with van der Waals surface area (Å²) in [6, 6.07) is 20.7. The van der Waals surface area contributed by atoms with Crippen molar-refractivity contribution in [2.24, 2.45) is 23.2 Å². The van der Waals surface area contributed by atoms with E-state index in [2.05, 4.69) is 24.3 Å². The molecule has 0 spiro atoms. The van der Waals surface area contributed by atoms with Gasteiger partial charge in [-0.25, -0.2) is 0 Å². The van der Waals surface area contributed by atoms with Crippen molar-refractivity contribution in [3.8, 4) is 0 Å². The number of esters is 2. The summed E-state index contributed by atoms with van der Waals surface area (Å²) in [5.74, 6) is -0.473. The molecule has 3 fully saturated rings. The van der Waals surface area contributed by atoms with Crippen LogP contribution in [0.1, 0.15) is 30.4 Å². The maximum Gasteiger partial charge on any atom is 0.312 e. The third-order valence-electron chi connectivity index (χ3n) is 7.16. The minimum Gasteiger partial charge on any atom is -0.469 e. The zero-order valence-electron chi connectivity index (χ0n) is 16.5. The molecule has 4 heteroatoms. The van der Waals surface area contributed by atoms with Crippen LogP contribution in [0.5, 0.6) is 0 Å². The molecular formula is C25H24O4. The molecule has 0 aromatic heterocycles. The zero-order valence-corrected chi connectivity index (χ0v) is 16.5. The normalized spacial score (nSPS) is 29.9. The first-order valence-electron chi connectivity index (χ1n) is 10.2. The van der Waals surface area contributed by atoms with Crippen molar-refractivity contribution in [2.45, 2.75) is 19.3 Å².